The molecule has 8 heteroatoms. The Labute approximate surface area is 169 Å². The highest BCUT2D eigenvalue weighted by Crippen LogP contribution is 2.24. The van der Waals surface area contributed by atoms with Crippen LogP contribution in [-0.2, 0) is 6.42 Å². The second kappa shape index (κ2) is 8.22. The lowest BCUT2D eigenvalue weighted by Crippen LogP contribution is -2.47. The Morgan fingerprint density at radius 1 is 0.966 bits per heavy atom. The minimum atomic E-state index is -0.403. The summed E-state index contributed by atoms with van der Waals surface area (Å²) < 4.78 is 0. The van der Waals surface area contributed by atoms with Crippen LogP contribution >= 0.6 is 0 Å². The molecule has 0 bridgehead atoms. The molecule has 0 saturated carbocycles. The first-order valence-electron chi connectivity index (χ1n) is 9.68. The van der Waals surface area contributed by atoms with E-state index in [1.807, 2.05) is 30.5 Å². The fourth-order valence-electron chi connectivity index (χ4n) is 3.39. The molecular weight excluding hydrogens is 368 g/mol. The molecule has 4 rings (SSSR count). The molecule has 1 aliphatic heterocycles. The predicted octanol–water partition coefficient (Wildman–Crippen LogP) is 3.34. The summed E-state index contributed by atoms with van der Waals surface area (Å²) in [6.45, 7) is 5.49. The van der Waals surface area contributed by atoms with Crippen molar-refractivity contribution in [2.45, 2.75) is 13.3 Å². The number of anilines is 2. The van der Waals surface area contributed by atoms with Crippen molar-refractivity contribution in [2.75, 3.05) is 36.0 Å². The molecule has 8 nitrogen and oxygen atoms in total. The van der Waals surface area contributed by atoms with Crippen molar-refractivity contribution in [3.8, 4) is 11.4 Å². The third-order valence-corrected chi connectivity index (χ3v) is 5.04. The lowest BCUT2D eigenvalue weighted by Gasteiger charge is -2.36. The minimum Gasteiger partial charge on any atom is -0.353 e. The fourth-order valence-corrected chi connectivity index (χ4v) is 3.39. The van der Waals surface area contributed by atoms with E-state index in [1.54, 1.807) is 12.1 Å². The smallest absolute Gasteiger partial charge is 0.269 e. The molecular formula is C21H22N6O2. The zero-order valence-electron chi connectivity index (χ0n) is 16.2. The molecule has 1 fully saturated rings. The van der Waals surface area contributed by atoms with Gasteiger partial charge in [-0.3, -0.25) is 10.1 Å². The van der Waals surface area contributed by atoms with Crippen molar-refractivity contribution in [3.05, 3.63) is 70.5 Å². The number of hydrogen-bond donors (Lipinski definition) is 0. The van der Waals surface area contributed by atoms with E-state index in [9.17, 15) is 10.1 Å². The number of nitro benzene ring substituents is 1. The number of aryl methyl sites for hydroxylation is 1. The lowest BCUT2D eigenvalue weighted by atomic mass is 10.2. The zero-order chi connectivity index (χ0) is 20.2. The second-order valence-electron chi connectivity index (χ2n) is 6.86. The van der Waals surface area contributed by atoms with E-state index in [2.05, 4.69) is 26.7 Å². The van der Waals surface area contributed by atoms with Crippen LogP contribution in [0.25, 0.3) is 11.4 Å². The quantitative estimate of drug-likeness (QED) is 0.488. The van der Waals surface area contributed by atoms with Crippen LogP contribution in [0, 0.1) is 10.1 Å². The monoisotopic (exact) mass is 390 g/mol. The highest BCUT2D eigenvalue weighted by atomic mass is 16.6. The van der Waals surface area contributed by atoms with Gasteiger partial charge in [-0.1, -0.05) is 13.0 Å². The summed E-state index contributed by atoms with van der Waals surface area (Å²) in [4.78, 5) is 28.8. The molecule has 0 atom stereocenters. The maximum atomic E-state index is 10.9. The summed E-state index contributed by atoms with van der Waals surface area (Å²) in [5, 5.41) is 10.9. The van der Waals surface area contributed by atoms with Gasteiger partial charge in [-0.25, -0.2) is 15.0 Å². The number of non-ortho nitro benzene ring substituents is 1. The Morgan fingerprint density at radius 2 is 1.66 bits per heavy atom. The largest absolute Gasteiger partial charge is 0.353 e. The van der Waals surface area contributed by atoms with Crippen molar-refractivity contribution >= 4 is 17.3 Å². The van der Waals surface area contributed by atoms with E-state index in [1.165, 1.54) is 12.1 Å². The Morgan fingerprint density at radius 3 is 2.24 bits per heavy atom. The number of hydrogen-bond acceptors (Lipinski definition) is 7. The van der Waals surface area contributed by atoms with Gasteiger partial charge in [0.15, 0.2) is 5.82 Å². The standard InChI is InChI=1S/C21H22N6O2/c1-2-17-15-20(24-21(23-17)16-6-8-18(9-7-16)27(28)29)26-13-11-25(12-14-26)19-5-3-4-10-22-19/h3-10,15H,2,11-14H2,1H3. The Hall–Kier alpha value is -3.55. The van der Waals surface area contributed by atoms with Gasteiger partial charge in [0.05, 0.1) is 4.92 Å². The molecule has 0 N–H and O–H groups in total. The van der Waals surface area contributed by atoms with Crippen molar-refractivity contribution in [1.29, 1.82) is 0 Å². The van der Waals surface area contributed by atoms with Crippen LogP contribution < -0.4 is 9.80 Å². The molecule has 0 unspecified atom stereocenters. The molecule has 2 aromatic heterocycles. The first-order chi connectivity index (χ1) is 14.1. The molecule has 1 aromatic carbocycles. The van der Waals surface area contributed by atoms with Gasteiger partial charge < -0.3 is 9.80 Å². The van der Waals surface area contributed by atoms with E-state index in [0.717, 1.165) is 55.5 Å². The average molecular weight is 390 g/mol. The van der Waals surface area contributed by atoms with Crippen LogP contribution in [0.3, 0.4) is 0 Å². The number of benzene rings is 1. The summed E-state index contributed by atoms with van der Waals surface area (Å²) in [5.41, 5.74) is 1.79. The molecule has 0 aliphatic carbocycles. The van der Waals surface area contributed by atoms with Gasteiger partial charge in [0.25, 0.3) is 5.69 Å². The summed E-state index contributed by atoms with van der Waals surface area (Å²) in [7, 11) is 0. The molecule has 148 valence electrons. The molecule has 1 saturated heterocycles. The van der Waals surface area contributed by atoms with E-state index in [4.69, 9.17) is 4.98 Å². The van der Waals surface area contributed by atoms with E-state index in [0.29, 0.717) is 5.82 Å². The van der Waals surface area contributed by atoms with Gasteiger partial charge in [-0.2, -0.15) is 0 Å². The van der Waals surface area contributed by atoms with Crippen LogP contribution in [0.15, 0.2) is 54.7 Å². The van der Waals surface area contributed by atoms with Crippen LogP contribution in [0.5, 0.6) is 0 Å². The van der Waals surface area contributed by atoms with Gasteiger partial charge in [-0.15, -0.1) is 0 Å². The van der Waals surface area contributed by atoms with Crippen molar-refractivity contribution < 1.29 is 4.92 Å². The molecule has 0 radical (unpaired) electrons. The van der Waals surface area contributed by atoms with Crippen LogP contribution in [0.2, 0.25) is 0 Å². The molecule has 1 aliphatic rings. The van der Waals surface area contributed by atoms with E-state index in [-0.39, 0.29) is 5.69 Å². The highest BCUT2D eigenvalue weighted by Gasteiger charge is 2.20. The zero-order valence-corrected chi connectivity index (χ0v) is 16.2. The lowest BCUT2D eigenvalue weighted by molar-refractivity contribution is -0.384. The van der Waals surface area contributed by atoms with Gasteiger partial charge >= 0.3 is 0 Å². The summed E-state index contributed by atoms with van der Waals surface area (Å²) >= 11 is 0. The Balaban J connectivity index is 1.55. The predicted molar refractivity (Wildman–Crippen MR) is 112 cm³/mol. The van der Waals surface area contributed by atoms with Gasteiger partial charge in [-0.05, 0) is 30.7 Å². The molecule has 3 aromatic rings. The SMILES string of the molecule is CCc1cc(N2CCN(c3ccccn3)CC2)nc(-c2ccc([N+](=O)[O-])cc2)n1. The van der Waals surface area contributed by atoms with Gasteiger partial charge in [0.2, 0.25) is 0 Å². The minimum absolute atomic E-state index is 0.0614. The first kappa shape index (κ1) is 18.8. The third kappa shape index (κ3) is 4.16. The van der Waals surface area contributed by atoms with Crippen molar-refractivity contribution in [2.24, 2.45) is 0 Å². The summed E-state index contributed by atoms with van der Waals surface area (Å²) in [6, 6.07) is 14.4. The third-order valence-electron chi connectivity index (χ3n) is 5.04. The van der Waals surface area contributed by atoms with Crippen molar-refractivity contribution in [3.63, 3.8) is 0 Å². The van der Waals surface area contributed by atoms with Gasteiger partial charge in [0, 0.05) is 61.8 Å². The molecule has 0 amide bonds. The number of rotatable bonds is 5. The second-order valence-corrected chi connectivity index (χ2v) is 6.86. The van der Waals surface area contributed by atoms with Crippen LogP contribution in [-0.4, -0.2) is 46.1 Å². The summed E-state index contributed by atoms with van der Waals surface area (Å²) in [5.74, 6) is 2.49. The number of nitrogens with zero attached hydrogens (tertiary/aromatic N) is 6. The van der Waals surface area contributed by atoms with E-state index < -0.39 is 4.92 Å². The normalized spacial score (nSPS) is 14.1. The first-order valence-corrected chi connectivity index (χ1v) is 9.68. The van der Waals surface area contributed by atoms with Crippen molar-refractivity contribution in [1.82, 2.24) is 15.0 Å². The number of aromatic nitrogens is 3. The highest BCUT2D eigenvalue weighted by molar-refractivity contribution is 5.60. The Bertz CT molecular complexity index is 986. The number of piperazine rings is 1. The maximum Gasteiger partial charge on any atom is 0.269 e. The summed E-state index contributed by atoms with van der Waals surface area (Å²) in [6.07, 6.45) is 2.61. The molecule has 29 heavy (non-hydrogen) atoms. The number of pyridine rings is 1. The van der Waals surface area contributed by atoms with E-state index >= 15 is 0 Å². The fraction of sp³-hybridized carbons (Fsp3) is 0.286. The molecule has 0 spiro atoms. The van der Waals surface area contributed by atoms with Crippen LogP contribution in [0.1, 0.15) is 12.6 Å². The maximum absolute atomic E-state index is 10.9. The topological polar surface area (TPSA) is 88.3 Å². The Kier molecular flexibility index (Phi) is 5.33. The molecule has 3 heterocycles. The average Bonchev–Trinajstić information content (AvgIpc) is 2.79. The van der Waals surface area contributed by atoms with Crippen LogP contribution in [0.4, 0.5) is 17.3 Å². The number of nitro groups is 1. The van der Waals surface area contributed by atoms with Gasteiger partial charge in [0.1, 0.15) is 11.6 Å².